The van der Waals surface area contributed by atoms with Crippen molar-refractivity contribution in [1.82, 2.24) is 19.9 Å². The largest absolute Gasteiger partial charge is 0.432 e. The lowest BCUT2D eigenvalue weighted by molar-refractivity contribution is 0.0398. The predicted octanol–water partition coefficient (Wildman–Crippen LogP) is 4.34. The summed E-state index contributed by atoms with van der Waals surface area (Å²) in [5.74, 6) is 2.47. The highest BCUT2D eigenvalue weighted by atomic mass is 16.5. The van der Waals surface area contributed by atoms with Crippen LogP contribution >= 0.6 is 0 Å². The summed E-state index contributed by atoms with van der Waals surface area (Å²) in [5, 5.41) is 4.54. The van der Waals surface area contributed by atoms with Crippen LogP contribution in [0.25, 0.3) is 22.2 Å². The summed E-state index contributed by atoms with van der Waals surface area (Å²) >= 11 is 0. The van der Waals surface area contributed by atoms with Crippen molar-refractivity contribution in [1.29, 1.82) is 0 Å². The highest BCUT2D eigenvalue weighted by molar-refractivity contribution is 6.07. The highest BCUT2D eigenvalue weighted by Crippen LogP contribution is 2.56. The number of nitrogen functional groups attached to an aromatic ring is 1. The lowest BCUT2D eigenvalue weighted by atomic mass is 9.60. The van der Waals surface area contributed by atoms with E-state index >= 15 is 0 Å². The molecule has 3 N–H and O–H groups in total. The van der Waals surface area contributed by atoms with E-state index < -0.39 is 0 Å². The van der Waals surface area contributed by atoms with E-state index in [2.05, 4.69) is 29.0 Å². The molecule has 0 amide bonds. The molecule has 34 heavy (non-hydrogen) atoms. The van der Waals surface area contributed by atoms with Crippen LogP contribution in [0.5, 0.6) is 0 Å². The molecule has 0 aromatic carbocycles. The smallest absolute Gasteiger partial charge is 0.231 e. The fraction of sp³-hybridized carbons (Fsp3) is 0.654. The molecule has 1 saturated heterocycles. The van der Waals surface area contributed by atoms with Gasteiger partial charge >= 0.3 is 0 Å². The van der Waals surface area contributed by atoms with Crippen molar-refractivity contribution >= 4 is 33.8 Å². The van der Waals surface area contributed by atoms with Crippen LogP contribution < -0.4 is 11.1 Å². The van der Waals surface area contributed by atoms with Gasteiger partial charge in [0, 0.05) is 26.2 Å². The fourth-order valence-electron chi connectivity index (χ4n) is 6.73. The number of aromatic nitrogens is 3. The molecule has 0 spiro atoms. The maximum atomic E-state index is 6.54. The van der Waals surface area contributed by atoms with Crippen molar-refractivity contribution in [2.24, 2.45) is 11.3 Å². The molecule has 3 aliphatic rings. The number of nitrogens with zero attached hydrogens (tertiary/aromatic N) is 4. The van der Waals surface area contributed by atoms with E-state index in [-0.39, 0.29) is 5.41 Å². The van der Waals surface area contributed by atoms with E-state index in [0.29, 0.717) is 29.0 Å². The molecule has 2 aliphatic carbocycles. The van der Waals surface area contributed by atoms with Gasteiger partial charge < -0.3 is 20.2 Å². The second-order valence-corrected chi connectivity index (χ2v) is 11.0. The summed E-state index contributed by atoms with van der Waals surface area (Å²) in [7, 11) is 0. The Labute approximate surface area is 200 Å². The van der Waals surface area contributed by atoms with Crippen molar-refractivity contribution in [3.63, 3.8) is 0 Å². The van der Waals surface area contributed by atoms with Gasteiger partial charge in [0.05, 0.1) is 18.6 Å². The van der Waals surface area contributed by atoms with Gasteiger partial charge in [0.25, 0.3) is 0 Å². The Morgan fingerprint density at radius 1 is 1.18 bits per heavy atom. The second-order valence-electron chi connectivity index (χ2n) is 11.0. The van der Waals surface area contributed by atoms with E-state index in [1.54, 1.807) is 6.33 Å². The number of hydrogen-bond acceptors (Lipinski definition) is 8. The van der Waals surface area contributed by atoms with Crippen molar-refractivity contribution in [3.8, 4) is 0 Å². The molecule has 2 fully saturated rings. The molecule has 0 bridgehead atoms. The number of nitrogens with two attached hydrogens (primary N) is 1. The molecule has 8 heteroatoms. The Balaban J connectivity index is 1.42. The van der Waals surface area contributed by atoms with Gasteiger partial charge in [-0.3, -0.25) is 4.90 Å². The number of hydrogen-bond donors (Lipinski definition) is 2. The predicted molar refractivity (Wildman–Crippen MR) is 134 cm³/mol. The van der Waals surface area contributed by atoms with Crippen molar-refractivity contribution in [3.05, 3.63) is 17.5 Å². The standard InChI is InChI=1S/C26H36N6O2/c1-26(2)8-7-17-18(20(26)16-5-3-4-6-16)19-21-22(34-25(19)31-23(17)27)24(30-15-29-21)28-9-10-32-11-13-33-14-12-32/h15-16,20H,3-14H2,1-2H3,(H2,27,31)(H,28,29,30). The van der Waals surface area contributed by atoms with Gasteiger partial charge in [-0.2, -0.15) is 4.98 Å². The van der Waals surface area contributed by atoms with Gasteiger partial charge in [0.2, 0.25) is 5.71 Å². The van der Waals surface area contributed by atoms with Crippen LogP contribution in [0.3, 0.4) is 0 Å². The monoisotopic (exact) mass is 464 g/mol. The number of anilines is 2. The van der Waals surface area contributed by atoms with Crippen LogP contribution in [0, 0.1) is 11.3 Å². The van der Waals surface area contributed by atoms with Crippen molar-refractivity contribution in [2.75, 3.05) is 50.4 Å². The first-order valence-corrected chi connectivity index (χ1v) is 12.9. The fourth-order valence-corrected chi connectivity index (χ4v) is 6.73. The van der Waals surface area contributed by atoms with Crippen LogP contribution in [0.15, 0.2) is 10.7 Å². The van der Waals surface area contributed by atoms with Crippen LogP contribution in [0.4, 0.5) is 11.6 Å². The number of nitrogens with one attached hydrogen (secondary N) is 1. The zero-order chi connectivity index (χ0) is 23.3. The summed E-state index contributed by atoms with van der Waals surface area (Å²) in [6, 6.07) is 0. The van der Waals surface area contributed by atoms with Gasteiger partial charge in [0.15, 0.2) is 11.4 Å². The quantitative estimate of drug-likeness (QED) is 0.575. The average molecular weight is 465 g/mol. The minimum Gasteiger partial charge on any atom is -0.432 e. The SMILES string of the molecule is CC1(C)CCc2c(N)nc3oc4c(NCCN5CCOCC5)ncnc4c3c2C1C1CCCC1. The molecule has 6 rings (SSSR count). The molecular weight excluding hydrogens is 428 g/mol. The lowest BCUT2D eigenvalue weighted by Gasteiger charge is -2.44. The third-order valence-electron chi connectivity index (χ3n) is 8.45. The minimum atomic E-state index is 0.207. The molecule has 1 aliphatic heterocycles. The van der Waals surface area contributed by atoms with Crippen LogP contribution in [0.2, 0.25) is 0 Å². The highest BCUT2D eigenvalue weighted by Gasteiger charge is 2.44. The normalized spacial score (nSPS) is 23.5. The zero-order valence-electron chi connectivity index (χ0n) is 20.4. The Morgan fingerprint density at radius 3 is 2.76 bits per heavy atom. The van der Waals surface area contributed by atoms with Gasteiger partial charge in [0.1, 0.15) is 17.7 Å². The number of morpholine rings is 1. The maximum Gasteiger partial charge on any atom is 0.231 e. The molecule has 1 saturated carbocycles. The number of pyridine rings is 1. The van der Waals surface area contributed by atoms with E-state index in [1.807, 2.05) is 0 Å². The lowest BCUT2D eigenvalue weighted by Crippen LogP contribution is -2.39. The molecule has 3 aromatic heterocycles. The van der Waals surface area contributed by atoms with Crippen molar-refractivity contribution in [2.45, 2.75) is 58.3 Å². The summed E-state index contributed by atoms with van der Waals surface area (Å²) in [4.78, 5) is 16.4. The number of ether oxygens (including phenoxy) is 1. The molecule has 1 unspecified atom stereocenters. The topological polar surface area (TPSA) is 102 Å². The van der Waals surface area contributed by atoms with E-state index in [0.717, 1.165) is 69.0 Å². The number of furan rings is 1. The van der Waals surface area contributed by atoms with Gasteiger partial charge in [-0.05, 0) is 54.1 Å². The van der Waals surface area contributed by atoms with Gasteiger partial charge in [-0.15, -0.1) is 0 Å². The Kier molecular flexibility index (Phi) is 5.60. The third kappa shape index (κ3) is 3.71. The molecule has 8 nitrogen and oxygen atoms in total. The summed E-state index contributed by atoms with van der Waals surface area (Å²) < 4.78 is 11.8. The van der Waals surface area contributed by atoms with Crippen LogP contribution in [0.1, 0.15) is 63.0 Å². The Hall–Kier alpha value is -2.45. The number of fused-ring (bicyclic) bond motifs is 5. The molecule has 4 heterocycles. The summed E-state index contributed by atoms with van der Waals surface area (Å²) in [5.41, 5.74) is 11.5. The van der Waals surface area contributed by atoms with Gasteiger partial charge in [-0.1, -0.05) is 26.7 Å². The molecule has 182 valence electrons. The zero-order valence-corrected chi connectivity index (χ0v) is 20.4. The first kappa shape index (κ1) is 22.0. The molecule has 1 atom stereocenters. The minimum absolute atomic E-state index is 0.207. The summed E-state index contributed by atoms with van der Waals surface area (Å²) in [6.45, 7) is 10.1. The molecule has 0 radical (unpaired) electrons. The maximum absolute atomic E-state index is 6.54. The first-order valence-electron chi connectivity index (χ1n) is 12.9. The second kappa shape index (κ2) is 8.64. The Bertz CT molecular complexity index is 1190. The Morgan fingerprint density at radius 2 is 1.97 bits per heavy atom. The van der Waals surface area contributed by atoms with Crippen LogP contribution in [-0.4, -0.2) is 59.2 Å². The summed E-state index contributed by atoms with van der Waals surface area (Å²) in [6.07, 6.45) is 8.96. The van der Waals surface area contributed by atoms with E-state index in [1.165, 1.54) is 36.8 Å². The van der Waals surface area contributed by atoms with Gasteiger partial charge in [-0.25, -0.2) is 9.97 Å². The van der Waals surface area contributed by atoms with Crippen LogP contribution in [-0.2, 0) is 11.2 Å². The molecule has 3 aromatic rings. The third-order valence-corrected chi connectivity index (χ3v) is 8.45. The average Bonchev–Trinajstić information content (AvgIpc) is 3.47. The first-order chi connectivity index (χ1) is 16.5. The van der Waals surface area contributed by atoms with Crippen molar-refractivity contribution < 1.29 is 9.15 Å². The van der Waals surface area contributed by atoms with E-state index in [4.69, 9.17) is 24.9 Å². The molecular formula is C26H36N6O2. The number of rotatable bonds is 5. The van der Waals surface area contributed by atoms with E-state index in [9.17, 15) is 0 Å².